The number of aliphatic carboxylic acids is 1. The first kappa shape index (κ1) is 22.3. The third-order valence-corrected chi connectivity index (χ3v) is 6.07. The van der Waals surface area contributed by atoms with E-state index in [2.05, 4.69) is 5.32 Å². The first-order chi connectivity index (χ1) is 15.9. The second-order valence-corrected chi connectivity index (χ2v) is 8.29. The number of carboxylic acid groups (broad SMARTS) is 1. The molecule has 0 spiro atoms. The molecule has 1 aliphatic carbocycles. The van der Waals surface area contributed by atoms with E-state index in [1.165, 1.54) is 0 Å². The number of rotatable bonds is 6. The Labute approximate surface area is 188 Å². The van der Waals surface area contributed by atoms with Crippen molar-refractivity contribution in [3.05, 3.63) is 74.4 Å². The van der Waals surface area contributed by atoms with Crippen molar-refractivity contribution in [2.75, 3.05) is 6.54 Å². The Morgan fingerprint density at radius 3 is 2.39 bits per heavy atom. The summed E-state index contributed by atoms with van der Waals surface area (Å²) in [6.07, 6.45) is 3.93. The highest BCUT2D eigenvalue weighted by atomic mass is 16.4. The third kappa shape index (κ3) is 4.52. The molecule has 0 unspecified atom stereocenters. The fourth-order valence-corrected chi connectivity index (χ4v) is 4.42. The van der Waals surface area contributed by atoms with Gasteiger partial charge in [-0.15, -0.1) is 0 Å². The first-order valence-corrected chi connectivity index (χ1v) is 10.9. The quantitative estimate of drug-likeness (QED) is 0.527. The smallest absolute Gasteiger partial charge is 0.334 e. The maximum Gasteiger partial charge on any atom is 0.334 e. The van der Waals surface area contributed by atoms with Crippen LogP contribution in [0.2, 0.25) is 0 Å². The maximum absolute atomic E-state index is 13.4. The van der Waals surface area contributed by atoms with Crippen LogP contribution in [-0.2, 0) is 11.3 Å². The Balaban J connectivity index is 1.84. The molecule has 1 fully saturated rings. The summed E-state index contributed by atoms with van der Waals surface area (Å²) in [5.74, 6) is -3.09. The Bertz CT molecular complexity index is 1330. The number of nitrogens with zero attached hydrogens (tertiary/aromatic N) is 2. The Morgan fingerprint density at radius 2 is 1.70 bits per heavy atom. The van der Waals surface area contributed by atoms with Crippen LogP contribution in [0.4, 0.5) is 0 Å². The molecule has 9 nitrogen and oxygen atoms in total. The molecule has 1 amide bonds. The fourth-order valence-electron chi connectivity index (χ4n) is 4.42. The van der Waals surface area contributed by atoms with Crippen LogP contribution in [0.1, 0.15) is 54.1 Å². The number of nitrogens with one attached hydrogen (secondary N) is 1. The van der Waals surface area contributed by atoms with E-state index in [9.17, 15) is 24.3 Å². The molecular formula is C24H25N3O6. The van der Waals surface area contributed by atoms with Crippen LogP contribution in [0, 0.1) is 0 Å². The number of amides is 1. The lowest BCUT2D eigenvalue weighted by atomic mass is 9.95. The Morgan fingerprint density at radius 1 is 1.00 bits per heavy atom. The molecule has 33 heavy (non-hydrogen) atoms. The van der Waals surface area contributed by atoms with Crippen LogP contribution >= 0.6 is 0 Å². The van der Waals surface area contributed by atoms with Crippen LogP contribution < -0.4 is 16.6 Å². The van der Waals surface area contributed by atoms with Gasteiger partial charge in [-0.1, -0.05) is 55.7 Å². The summed E-state index contributed by atoms with van der Waals surface area (Å²) < 4.78 is 2.06. The van der Waals surface area contributed by atoms with Gasteiger partial charge in [-0.3, -0.25) is 23.5 Å². The molecule has 3 N–H and O–H groups in total. The van der Waals surface area contributed by atoms with Gasteiger partial charge in [0, 0.05) is 6.04 Å². The molecular weight excluding hydrogens is 426 g/mol. The standard InChI is InChI=1S/C24H25N3O6/c28-19(29)13-25-21(30)20-22(31)26(14-15-10-11-16-6-4-5-7-17(16)12-15)24(33)27(23(20)32)18-8-2-1-3-9-18/h4-7,10-12,18,31H,1-3,8-9,13-14H2,(H,25,30)(H,28,29). The molecule has 1 saturated carbocycles. The van der Waals surface area contributed by atoms with E-state index in [1.54, 1.807) is 0 Å². The number of aromatic hydroxyl groups is 1. The van der Waals surface area contributed by atoms with E-state index >= 15 is 0 Å². The van der Waals surface area contributed by atoms with Gasteiger partial charge in [0.15, 0.2) is 5.56 Å². The van der Waals surface area contributed by atoms with Crippen molar-refractivity contribution in [3.63, 3.8) is 0 Å². The van der Waals surface area contributed by atoms with E-state index in [1.807, 2.05) is 42.5 Å². The molecule has 9 heteroatoms. The van der Waals surface area contributed by atoms with E-state index < -0.39 is 41.1 Å². The van der Waals surface area contributed by atoms with Gasteiger partial charge < -0.3 is 15.5 Å². The summed E-state index contributed by atoms with van der Waals surface area (Å²) in [5, 5.41) is 23.8. The summed E-state index contributed by atoms with van der Waals surface area (Å²) in [7, 11) is 0. The van der Waals surface area contributed by atoms with Crippen LogP contribution in [0.15, 0.2) is 52.1 Å². The van der Waals surface area contributed by atoms with Crippen molar-refractivity contribution in [1.29, 1.82) is 0 Å². The molecule has 0 aliphatic heterocycles. The number of hydrogen-bond donors (Lipinski definition) is 3. The molecule has 0 saturated heterocycles. The van der Waals surface area contributed by atoms with Gasteiger partial charge >= 0.3 is 11.7 Å². The van der Waals surface area contributed by atoms with Crippen molar-refractivity contribution in [2.24, 2.45) is 0 Å². The van der Waals surface area contributed by atoms with Gasteiger partial charge in [0.2, 0.25) is 5.88 Å². The van der Waals surface area contributed by atoms with E-state index in [0.717, 1.165) is 39.2 Å². The Hall–Kier alpha value is -3.88. The van der Waals surface area contributed by atoms with Crippen molar-refractivity contribution in [3.8, 4) is 5.88 Å². The predicted molar refractivity (Wildman–Crippen MR) is 122 cm³/mol. The van der Waals surface area contributed by atoms with Gasteiger partial charge in [-0.05, 0) is 35.2 Å². The lowest BCUT2D eigenvalue weighted by Crippen LogP contribution is -2.47. The average molecular weight is 451 g/mol. The molecule has 1 aliphatic rings. The van der Waals surface area contributed by atoms with Crippen LogP contribution in [0.25, 0.3) is 10.8 Å². The van der Waals surface area contributed by atoms with Crippen molar-refractivity contribution >= 4 is 22.6 Å². The van der Waals surface area contributed by atoms with Gasteiger partial charge in [-0.2, -0.15) is 0 Å². The Kier molecular flexibility index (Phi) is 6.30. The normalized spacial score (nSPS) is 14.3. The maximum atomic E-state index is 13.4. The second kappa shape index (κ2) is 9.32. The summed E-state index contributed by atoms with van der Waals surface area (Å²) in [6.45, 7) is -0.771. The predicted octanol–water partition coefficient (Wildman–Crippen LogP) is 2.24. The second-order valence-electron chi connectivity index (χ2n) is 8.29. The van der Waals surface area contributed by atoms with Crippen LogP contribution in [0.3, 0.4) is 0 Å². The fraction of sp³-hybridized carbons (Fsp3) is 0.333. The largest absolute Gasteiger partial charge is 0.494 e. The van der Waals surface area contributed by atoms with Crippen molar-refractivity contribution < 1.29 is 19.8 Å². The zero-order valence-electron chi connectivity index (χ0n) is 18.0. The SMILES string of the molecule is O=C(O)CNC(=O)c1c(O)n(Cc2ccc3ccccc3c2)c(=O)n(C2CCCCC2)c1=O. The van der Waals surface area contributed by atoms with E-state index in [-0.39, 0.29) is 12.6 Å². The minimum absolute atomic E-state index is 0.0539. The highest BCUT2D eigenvalue weighted by molar-refractivity contribution is 5.97. The zero-order valence-corrected chi connectivity index (χ0v) is 18.0. The number of hydrogen-bond acceptors (Lipinski definition) is 5. The molecule has 1 aromatic heterocycles. The molecule has 172 valence electrons. The third-order valence-electron chi connectivity index (χ3n) is 6.07. The van der Waals surface area contributed by atoms with Crippen LogP contribution in [0.5, 0.6) is 5.88 Å². The van der Waals surface area contributed by atoms with Gasteiger partial charge in [0.05, 0.1) is 6.54 Å². The number of carboxylic acids is 1. The number of fused-ring (bicyclic) bond motifs is 1. The number of aromatic nitrogens is 2. The minimum atomic E-state index is -1.29. The lowest BCUT2D eigenvalue weighted by Gasteiger charge is -2.25. The highest BCUT2D eigenvalue weighted by Crippen LogP contribution is 2.27. The summed E-state index contributed by atoms with van der Waals surface area (Å²) in [4.78, 5) is 50.0. The van der Waals surface area contributed by atoms with Gasteiger partial charge in [-0.25, -0.2) is 4.79 Å². The summed E-state index contributed by atoms with van der Waals surface area (Å²) in [6, 6.07) is 12.9. The monoisotopic (exact) mass is 451 g/mol. The van der Waals surface area contributed by atoms with Gasteiger partial charge in [0.25, 0.3) is 11.5 Å². The molecule has 0 bridgehead atoms. The van der Waals surface area contributed by atoms with Crippen LogP contribution in [-0.4, -0.2) is 37.8 Å². The summed E-state index contributed by atoms with van der Waals surface area (Å²) >= 11 is 0. The molecule has 0 radical (unpaired) electrons. The summed E-state index contributed by atoms with van der Waals surface area (Å²) in [5.41, 5.74) is -1.51. The average Bonchev–Trinajstić information content (AvgIpc) is 2.81. The molecule has 4 rings (SSSR count). The molecule has 0 atom stereocenters. The van der Waals surface area contributed by atoms with Gasteiger partial charge in [0.1, 0.15) is 6.54 Å². The molecule has 1 heterocycles. The molecule has 3 aromatic rings. The highest BCUT2D eigenvalue weighted by Gasteiger charge is 2.28. The number of benzene rings is 2. The zero-order chi connectivity index (χ0) is 23.5. The molecule has 2 aromatic carbocycles. The number of carbonyl (C=O) groups excluding carboxylic acids is 1. The van der Waals surface area contributed by atoms with Crippen molar-refractivity contribution in [2.45, 2.75) is 44.7 Å². The van der Waals surface area contributed by atoms with E-state index in [0.29, 0.717) is 18.4 Å². The first-order valence-electron chi connectivity index (χ1n) is 10.9. The number of carbonyl (C=O) groups is 2. The topological polar surface area (TPSA) is 131 Å². The van der Waals surface area contributed by atoms with Crippen molar-refractivity contribution in [1.82, 2.24) is 14.5 Å². The van der Waals surface area contributed by atoms with E-state index in [4.69, 9.17) is 5.11 Å². The lowest BCUT2D eigenvalue weighted by molar-refractivity contribution is -0.135. The minimum Gasteiger partial charge on any atom is -0.494 e.